The van der Waals surface area contributed by atoms with Gasteiger partial charge in [0.15, 0.2) is 0 Å². The predicted octanol–water partition coefficient (Wildman–Crippen LogP) is 3.62. The topological polar surface area (TPSA) is 21.6 Å². The van der Waals surface area contributed by atoms with Gasteiger partial charge in [-0.1, -0.05) is 44.2 Å². The zero-order valence-corrected chi connectivity index (χ0v) is 9.75. The summed E-state index contributed by atoms with van der Waals surface area (Å²) < 4.78 is 0. The van der Waals surface area contributed by atoms with Crippen molar-refractivity contribution in [3.63, 3.8) is 0 Å². The average molecular weight is 197 g/mol. The normalized spacial score (nSPS) is 22.1. The third kappa shape index (κ3) is 3.69. The van der Waals surface area contributed by atoms with E-state index in [1.54, 1.807) is 7.11 Å². The van der Waals surface area contributed by atoms with Crippen LogP contribution in [0, 0.1) is 11.8 Å². The maximum Gasteiger partial charge on any atom is 0.106 e. The number of hydrogen-bond acceptors (Lipinski definition) is 2. The summed E-state index contributed by atoms with van der Waals surface area (Å²) in [7, 11) is 1.62. The summed E-state index contributed by atoms with van der Waals surface area (Å²) in [5.74, 6) is 1.51. The fraction of sp³-hybridized carbons (Fsp3) is 0.917. The number of nitrogens with zero attached hydrogens (tertiary/aromatic N) is 1. The van der Waals surface area contributed by atoms with Crippen LogP contribution in [0.25, 0.3) is 0 Å². The second-order valence-corrected chi connectivity index (χ2v) is 4.56. The first-order chi connectivity index (χ1) is 6.74. The molecule has 0 radical (unpaired) electrons. The second kappa shape index (κ2) is 6.05. The molecule has 1 rings (SSSR count). The summed E-state index contributed by atoms with van der Waals surface area (Å²) >= 11 is 0. The second-order valence-electron chi connectivity index (χ2n) is 4.56. The van der Waals surface area contributed by atoms with Crippen LogP contribution in [-0.2, 0) is 4.84 Å². The van der Waals surface area contributed by atoms with Gasteiger partial charge in [-0.05, 0) is 25.2 Å². The van der Waals surface area contributed by atoms with Crippen molar-refractivity contribution in [3.05, 3.63) is 0 Å². The third-order valence-corrected chi connectivity index (χ3v) is 3.36. The molecule has 1 aliphatic rings. The van der Waals surface area contributed by atoms with Gasteiger partial charge in [-0.2, -0.15) is 0 Å². The molecule has 1 saturated carbocycles. The van der Waals surface area contributed by atoms with Gasteiger partial charge in [0.2, 0.25) is 0 Å². The van der Waals surface area contributed by atoms with Crippen LogP contribution in [-0.4, -0.2) is 12.8 Å². The van der Waals surface area contributed by atoms with Crippen molar-refractivity contribution in [3.8, 4) is 0 Å². The van der Waals surface area contributed by atoms with E-state index in [9.17, 15) is 0 Å². The van der Waals surface area contributed by atoms with Gasteiger partial charge in [-0.25, -0.2) is 0 Å². The molecule has 0 unspecified atom stereocenters. The van der Waals surface area contributed by atoms with Gasteiger partial charge >= 0.3 is 0 Å². The molecule has 0 amide bonds. The molecule has 0 bridgehead atoms. The van der Waals surface area contributed by atoms with Crippen LogP contribution >= 0.6 is 0 Å². The van der Waals surface area contributed by atoms with Crippen molar-refractivity contribution in [1.82, 2.24) is 0 Å². The smallest absolute Gasteiger partial charge is 0.106 e. The standard InChI is InChI=1S/C12H23NO/c1-10(11(2)13-14-3)9-12-7-5-4-6-8-12/h10,12H,4-9H2,1-3H3/b13-11+/t10-/m0/s1. The van der Waals surface area contributed by atoms with E-state index in [4.69, 9.17) is 4.84 Å². The van der Waals surface area contributed by atoms with Crippen molar-refractivity contribution in [2.45, 2.75) is 52.4 Å². The molecule has 1 aliphatic carbocycles. The summed E-state index contributed by atoms with van der Waals surface area (Å²) in [5, 5.41) is 4.01. The Labute approximate surface area is 87.7 Å². The zero-order chi connectivity index (χ0) is 10.4. The molecule has 82 valence electrons. The van der Waals surface area contributed by atoms with Crippen molar-refractivity contribution in [1.29, 1.82) is 0 Å². The lowest BCUT2D eigenvalue weighted by molar-refractivity contribution is 0.209. The first kappa shape index (κ1) is 11.5. The minimum atomic E-state index is 0.582. The fourth-order valence-corrected chi connectivity index (χ4v) is 2.33. The molecule has 0 aliphatic heterocycles. The Balaban J connectivity index is 2.31. The van der Waals surface area contributed by atoms with Gasteiger partial charge in [-0.15, -0.1) is 0 Å². The molecule has 0 N–H and O–H groups in total. The van der Waals surface area contributed by atoms with E-state index in [1.807, 2.05) is 0 Å². The quantitative estimate of drug-likeness (QED) is 0.498. The van der Waals surface area contributed by atoms with Gasteiger partial charge in [0.25, 0.3) is 0 Å². The molecule has 0 saturated heterocycles. The van der Waals surface area contributed by atoms with E-state index in [2.05, 4.69) is 19.0 Å². The summed E-state index contributed by atoms with van der Waals surface area (Å²) in [6.07, 6.45) is 8.43. The van der Waals surface area contributed by atoms with Crippen molar-refractivity contribution in [2.24, 2.45) is 17.0 Å². The van der Waals surface area contributed by atoms with E-state index in [0.29, 0.717) is 5.92 Å². The van der Waals surface area contributed by atoms with Crippen molar-refractivity contribution >= 4 is 5.71 Å². The Morgan fingerprint density at radius 3 is 2.57 bits per heavy atom. The van der Waals surface area contributed by atoms with E-state index in [1.165, 1.54) is 38.5 Å². The molecule has 2 heteroatoms. The molecule has 0 aromatic carbocycles. The van der Waals surface area contributed by atoms with Crippen LogP contribution < -0.4 is 0 Å². The van der Waals surface area contributed by atoms with Gasteiger partial charge in [0.05, 0.1) is 5.71 Å². The molecule has 0 heterocycles. The largest absolute Gasteiger partial charge is 0.399 e. The van der Waals surface area contributed by atoms with E-state index < -0.39 is 0 Å². The van der Waals surface area contributed by atoms with Gasteiger partial charge in [-0.3, -0.25) is 0 Å². The van der Waals surface area contributed by atoms with Gasteiger partial charge in [0.1, 0.15) is 7.11 Å². The lowest BCUT2D eigenvalue weighted by atomic mass is 9.82. The monoisotopic (exact) mass is 197 g/mol. The highest BCUT2D eigenvalue weighted by molar-refractivity contribution is 5.83. The number of rotatable bonds is 4. The Hall–Kier alpha value is -0.530. The summed E-state index contributed by atoms with van der Waals surface area (Å²) in [6.45, 7) is 4.32. The number of oxime groups is 1. The van der Waals surface area contributed by atoms with Crippen LogP contribution in [0.3, 0.4) is 0 Å². The highest BCUT2D eigenvalue weighted by Crippen LogP contribution is 2.29. The molecular weight excluding hydrogens is 174 g/mol. The van der Waals surface area contributed by atoms with E-state index in [0.717, 1.165) is 11.6 Å². The lowest BCUT2D eigenvalue weighted by Gasteiger charge is -2.24. The Bertz CT molecular complexity index is 183. The van der Waals surface area contributed by atoms with Gasteiger partial charge < -0.3 is 4.84 Å². The lowest BCUT2D eigenvalue weighted by Crippen LogP contribution is -2.15. The Kier molecular flexibility index (Phi) is 4.99. The Morgan fingerprint density at radius 2 is 2.00 bits per heavy atom. The van der Waals surface area contributed by atoms with Crippen LogP contribution in [0.2, 0.25) is 0 Å². The SMILES string of the molecule is CO/N=C(\C)[C@@H](C)CC1CCCCC1. The molecule has 0 aromatic rings. The van der Waals surface area contributed by atoms with Gasteiger partial charge in [0, 0.05) is 0 Å². The molecule has 14 heavy (non-hydrogen) atoms. The summed E-state index contributed by atoms with van der Waals surface area (Å²) in [6, 6.07) is 0. The zero-order valence-electron chi connectivity index (χ0n) is 9.75. The molecular formula is C12H23NO. The minimum absolute atomic E-state index is 0.582. The van der Waals surface area contributed by atoms with Crippen LogP contribution in [0.5, 0.6) is 0 Å². The first-order valence-corrected chi connectivity index (χ1v) is 5.81. The Morgan fingerprint density at radius 1 is 1.36 bits per heavy atom. The van der Waals surface area contributed by atoms with Crippen LogP contribution in [0.15, 0.2) is 5.16 Å². The molecule has 0 aromatic heterocycles. The predicted molar refractivity (Wildman–Crippen MR) is 60.5 cm³/mol. The van der Waals surface area contributed by atoms with E-state index >= 15 is 0 Å². The maximum absolute atomic E-state index is 4.80. The first-order valence-electron chi connectivity index (χ1n) is 5.81. The van der Waals surface area contributed by atoms with E-state index in [-0.39, 0.29) is 0 Å². The molecule has 2 nitrogen and oxygen atoms in total. The number of hydrogen-bond donors (Lipinski definition) is 0. The summed E-state index contributed by atoms with van der Waals surface area (Å²) in [4.78, 5) is 4.80. The van der Waals surface area contributed by atoms with Crippen LogP contribution in [0.4, 0.5) is 0 Å². The molecule has 1 fully saturated rings. The third-order valence-electron chi connectivity index (χ3n) is 3.36. The van der Waals surface area contributed by atoms with Crippen LogP contribution in [0.1, 0.15) is 52.4 Å². The maximum atomic E-state index is 4.80. The average Bonchev–Trinajstić information content (AvgIpc) is 2.19. The molecule has 1 atom stereocenters. The minimum Gasteiger partial charge on any atom is -0.399 e. The van der Waals surface area contributed by atoms with Crippen molar-refractivity contribution in [2.75, 3.05) is 7.11 Å². The highest BCUT2D eigenvalue weighted by atomic mass is 16.6. The summed E-state index contributed by atoms with van der Waals surface area (Å²) in [5.41, 5.74) is 1.14. The highest BCUT2D eigenvalue weighted by Gasteiger charge is 2.17. The van der Waals surface area contributed by atoms with Crippen molar-refractivity contribution < 1.29 is 4.84 Å². The fourth-order valence-electron chi connectivity index (χ4n) is 2.33. The molecule has 0 spiro atoms.